The van der Waals surface area contributed by atoms with Crippen molar-refractivity contribution < 1.29 is 16.8 Å². The van der Waals surface area contributed by atoms with Gasteiger partial charge in [-0.15, -0.1) is 0 Å². The first-order valence-electron chi connectivity index (χ1n) is 25.4. The molecule has 4 aliphatic heterocycles. The maximum absolute atomic E-state index is 11.8. The molecule has 4 fully saturated rings. The molecule has 0 unspecified atom stereocenters. The molecule has 0 spiro atoms. The molecule has 2 aromatic carbocycles. The fraction of sp³-hybridized carbons (Fsp3) is 0.520. The molecule has 4 aliphatic rings. The van der Waals surface area contributed by atoms with E-state index < -0.39 is 20.0 Å². The van der Waals surface area contributed by atoms with E-state index in [-0.39, 0.29) is 35.0 Å². The van der Waals surface area contributed by atoms with E-state index in [0.717, 1.165) is 101 Å². The number of piperidine rings is 2. The number of fused-ring (bicyclic) bond motifs is 2. The Labute approximate surface area is 463 Å². The van der Waals surface area contributed by atoms with Crippen LogP contribution in [0.2, 0.25) is 20.1 Å². The van der Waals surface area contributed by atoms with E-state index in [9.17, 15) is 27.4 Å². The number of halogens is 4. The molecular formula is C50H60Cl4N16O4S2. The number of hydrogen-bond donors (Lipinski definition) is 2. The van der Waals surface area contributed by atoms with Crippen molar-refractivity contribution in [2.24, 2.45) is 23.7 Å². The minimum absolute atomic E-state index is 0.126. The molecule has 2 N–H and O–H groups in total. The van der Waals surface area contributed by atoms with Crippen LogP contribution in [0.25, 0.3) is 22.3 Å². The highest BCUT2D eigenvalue weighted by Crippen LogP contribution is 2.37. The van der Waals surface area contributed by atoms with Gasteiger partial charge in [-0.25, -0.2) is 55.6 Å². The number of benzene rings is 2. The molecule has 0 aliphatic carbocycles. The topological polar surface area (TPSA) is 240 Å². The van der Waals surface area contributed by atoms with Crippen molar-refractivity contribution in [2.45, 2.75) is 51.6 Å². The van der Waals surface area contributed by atoms with Crippen molar-refractivity contribution in [2.75, 3.05) is 101 Å². The van der Waals surface area contributed by atoms with E-state index >= 15 is 0 Å². The predicted molar refractivity (Wildman–Crippen MR) is 296 cm³/mol. The van der Waals surface area contributed by atoms with Gasteiger partial charge in [0.05, 0.1) is 36.0 Å². The second kappa shape index (κ2) is 23.5. The number of aromatic nitrogens is 8. The summed E-state index contributed by atoms with van der Waals surface area (Å²) in [4.78, 5) is 27.8. The molecule has 6 aromatic rings. The van der Waals surface area contributed by atoms with Gasteiger partial charge >= 0.3 is 0 Å². The molecule has 404 valence electrons. The highest BCUT2D eigenvalue weighted by Gasteiger charge is 2.39. The molecule has 4 atom stereocenters. The van der Waals surface area contributed by atoms with Crippen LogP contribution in [0.5, 0.6) is 0 Å². The second-order valence-electron chi connectivity index (χ2n) is 20.1. The fourth-order valence-electron chi connectivity index (χ4n) is 10.8. The lowest BCUT2D eigenvalue weighted by atomic mass is 9.80. The molecular weight excluding hydrogens is 1090 g/mol. The molecule has 10 rings (SSSR count). The monoisotopic (exact) mass is 1150 g/mol. The number of nitrogens with one attached hydrogen (secondary N) is 2. The van der Waals surface area contributed by atoms with E-state index in [1.807, 2.05) is 26.0 Å². The third-order valence-corrected chi connectivity index (χ3v) is 19.2. The van der Waals surface area contributed by atoms with Crippen molar-refractivity contribution in [3.63, 3.8) is 0 Å². The van der Waals surface area contributed by atoms with Crippen LogP contribution in [-0.2, 0) is 20.0 Å². The third-order valence-electron chi connectivity index (χ3n) is 15.4. The first-order valence-corrected chi connectivity index (χ1v) is 30.2. The highest BCUT2D eigenvalue weighted by atomic mass is 35.5. The molecule has 0 amide bonds. The van der Waals surface area contributed by atoms with Crippen molar-refractivity contribution in [3.8, 4) is 12.1 Å². The summed E-state index contributed by atoms with van der Waals surface area (Å²) in [6.45, 7) is 12.2. The first kappa shape index (κ1) is 55.8. The number of anilines is 2. The Morgan fingerprint density at radius 3 is 1.37 bits per heavy atom. The summed E-state index contributed by atoms with van der Waals surface area (Å²) in [7, 11) is -3.48. The Balaban J connectivity index is 0.000000186. The Bertz CT molecular complexity index is 3190. The minimum atomic E-state index is -3.20. The van der Waals surface area contributed by atoms with Crippen LogP contribution in [-0.4, -0.2) is 157 Å². The Kier molecular flexibility index (Phi) is 17.3. The molecule has 4 saturated heterocycles. The van der Waals surface area contributed by atoms with Crippen LogP contribution in [0.1, 0.15) is 74.1 Å². The maximum atomic E-state index is 11.8. The van der Waals surface area contributed by atoms with Gasteiger partial charge < -0.3 is 19.6 Å². The van der Waals surface area contributed by atoms with Crippen LogP contribution in [0.4, 0.5) is 11.6 Å². The Hall–Kier alpha value is -4.98. The summed E-state index contributed by atoms with van der Waals surface area (Å²) in [5.74, 6) is 3.84. The number of likely N-dealkylation sites (tertiary alicyclic amines) is 2. The zero-order valence-corrected chi connectivity index (χ0v) is 47.3. The Morgan fingerprint density at radius 2 is 1.01 bits per heavy atom. The lowest BCUT2D eigenvalue weighted by molar-refractivity contribution is 0.125. The number of hydrogen-bond acceptors (Lipinski definition) is 16. The van der Waals surface area contributed by atoms with E-state index in [0.29, 0.717) is 79.2 Å². The van der Waals surface area contributed by atoms with Crippen molar-refractivity contribution >= 4 is 100 Å². The number of rotatable bonds is 16. The summed E-state index contributed by atoms with van der Waals surface area (Å²) in [5, 5.41) is 30.4. The van der Waals surface area contributed by atoms with Gasteiger partial charge in [0.2, 0.25) is 20.0 Å². The van der Waals surface area contributed by atoms with Gasteiger partial charge in [-0.05, 0) is 126 Å². The van der Waals surface area contributed by atoms with Crippen LogP contribution in [0, 0.1) is 46.3 Å². The zero-order valence-electron chi connectivity index (χ0n) is 42.6. The average molecular weight is 1160 g/mol. The summed E-state index contributed by atoms with van der Waals surface area (Å²) in [5.41, 5.74) is 4.09. The summed E-state index contributed by atoms with van der Waals surface area (Å²) >= 11 is 25.1. The van der Waals surface area contributed by atoms with Crippen LogP contribution < -0.4 is 19.2 Å². The van der Waals surface area contributed by atoms with Crippen molar-refractivity contribution in [3.05, 3.63) is 91.4 Å². The van der Waals surface area contributed by atoms with Crippen molar-refractivity contribution in [1.29, 1.82) is 10.5 Å². The molecule has 4 aromatic heterocycles. The van der Waals surface area contributed by atoms with Gasteiger partial charge in [-0.1, -0.05) is 58.5 Å². The van der Waals surface area contributed by atoms with Crippen LogP contribution >= 0.6 is 46.4 Å². The number of sulfonamides is 2. The third kappa shape index (κ3) is 12.3. The molecule has 20 nitrogen and oxygen atoms in total. The van der Waals surface area contributed by atoms with Gasteiger partial charge in [0.1, 0.15) is 34.8 Å². The standard InChI is InChI=1S/2C25H30Cl2N8O2S/c2*1-16(20-6-5-19(26)10-21(20)27)35-25-24(22(11-28)32-35)30-12-23(31-25)34-14-18(15-34)17-4-3-7-33(13-17)8-9-38(36,37)29-2/h2*5-6,10,12,16-18,29H,3-4,7-9,13-15H2,1-2H3/t16-,17+;16-,17-/m11/s1. The van der Waals surface area contributed by atoms with Gasteiger partial charge in [0.25, 0.3) is 0 Å². The smallest absolute Gasteiger partial charge is 0.212 e. The summed E-state index contributed by atoms with van der Waals surface area (Å²) in [6.07, 6.45) is 7.87. The first-order chi connectivity index (χ1) is 36.4. The molecule has 8 heterocycles. The zero-order chi connectivity index (χ0) is 54.1. The van der Waals surface area contributed by atoms with Gasteiger partial charge in [-0.2, -0.15) is 20.7 Å². The summed E-state index contributed by atoms with van der Waals surface area (Å²) in [6, 6.07) is 14.3. The molecule has 0 saturated carbocycles. The molecule has 76 heavy (non-hydrogen) atoms. The van der Waals surface area contributed by atoms with E-state index in [1.165, 1.54) is 14.1 Å². The quantitative estimate of drug-likeness (QED) is 0.103. The minimum Gasteiger partial charge on any atom is -0.355 e. The van der Waals surface area contributed by atoms with Crippen molar-refractivity contribution in [1.82, 2.24) is 58.7 Å². The predicted octanol–water partition coefficient (Wildman–Crippen LogP) is 6.62. The SMILES string of the molecule is CNS(=O)(=O)CCN1CCC[C@@H](C2CN(c3cnc4c(C#N)nn([C@H](C)c5ccc(Cl)cc5Cl)c4n3)C2)C1.CNS(=O)(=O)CCN1CCC[C@H](C2CN(c3cnc4c(C#N)nn([C@H](C)c5ccc(Cl)cc5Cl)c4n3)C2)C1. The molecule has 26 heteroatoms. The van der Waals surface area contributed by atoms with Gasteiger partial charge in [0, 0.05) is 72.4 Å². The Morgan fingerprint density at radius 1 is 0.618 bits per heavy atom. The normalized spacial score (nSPS) is 19.9. The fourth-order valence-corrected chi connectivity index (χ4v) is 13.3. The van der Waals surface area contributed by atoms with E-state index in [4.69, 9.17) is 56.4 Å². The van der Waals surface area contributed by atoms with Gasteiger partial charge in [-0.3, -0.25) is 0 Å². The van der Waals surface area contributed by atoms with E-state index in [1.54, 1.807) is 46.0 Å². The number of nitrogens with zero attached hydrogens (tertiary/aromatic N) is 14. The largest absolute Gasteiger partial charge is 0.355 e. The lowest BCUT2D eigenvalue weighted by Crippen LogP contribution is -2.54. The van der Waals surface area contributed by atoms with Gasteiger partial charge in [0.15, 0.2) is 22.7 Å². The second-order valence-corrected chi connectivity index (χ2v) is 25.9. The van der Waals surface area contributed by atoms with Crippen LogP contribution in [0.15, 0.2) is 48.8 Å². The maximum Gasteiger partial charge on any atom is 0.212 e. The lowest BCUT2D eigenvalue weighted by Gasteiger charge is -2.47. The average Bonchev–Trinajstić information content (AvgIpc) is 3.95. The summed E-state index contributed by atoms with van der Waals surface area (Å²) < 4.78 is 55.5. The van der Waals surface area contributed by atoms with E-state index in [2.05, 4.69) is 61.3 Å². The highest BCUT2D eigenvalue weighted by molar-refractivity contribution is 7.89. The molecule has 0 radical (unpaired) electrons. The molecule has 0 bridgehead atoms. The number of nitriles is 2. The van der Waals surface area contributed by atoms with Crippen LogP contribution in [0.3, 0.4) is 0 Å².